The SMILES string of the molecule is O=C(O)C(c1cc(Br)c(Cl)s1)N1CCOCC1. The smallest absolute Gasteiger partial charge is 0.326 e. The summed E-state index contributed by atoms with van der Waals surface area (Å²) in [5, 5.41) is 9.34. The van der Waals surface area contributed by atoms with Crippen molar-refractivity contribution >= 4 is 44.8 Å². The Morgan fingerprint density at radius 3 is 2.71 bits per heavy atom. The number of rotatable bonds is 3. The molecule has 1 unspecified atom stereocenters. The van der Waals surface area contributed by atoms with E-state index in [4.69, 9.17) is 16.3 Å². The molecule has 1 atom stereocenters. The zero-order chi connectivity index (χ0) is 12.4. The van der Waals surface area contributed by atoms with E-state index >= 15 is 0 Å². The molecule has 1 aliphatic rings. The summed E-state index contributed by atoms with van der Waals surface area (Å²) in [5.74, 6) is -0.850. The van der Waals surface area contributed by atoms with Crippen molar-refractivity contribution in [2.75, 3.05) is 26.3 Å². The standard InChI is InChI=1S/C10H11BrClNO3S/c11-6-5-7(17-9(6)12)8(10(14)15)13-1-3-16-4-2-13/h5,8H,1-4H2,(H,14,15). The lowest BCUT2D eigenvalue weighted by atomic mass is 10.2. The highest BCUT2D eigenvalue weighted by molar-refractivity contribution is 9.10. The number of carboxylic acids is 1. The number of nitrogens with zero attached hydrogens (tertiary/aromatic N) is 1. The zero-order valence-electron chi connectivity index (χ0n) is 8.86. The average Bonchev–Trinajstić information content (AvgIpc) is 2.60. The quantitative estimate of drug-likeness (QED) is 0.919. The van der Waals surface area contributed by atoms with Crippen LogP contribution in [0.15, 0.2) is 10.5 Å². The first-order valence-electron chi connectivity index (χ1n) is 5.09. The first kappa shape index (κ1) is 13.3. The van der Waals surface area contributed by atoms with Crippen LogP contribution in [0.25, 0.3) is 0 Å². The van der Waals surface area contributed by atoms with Crippen LogP contribution < -0.4 is 0 Å². The van der Waals surface area contributed by atoms with E-state index in [1.807, 2.05) is 4.90 Å². The van der Waals surface area contributed by atoms with Crippen LogP contribution in [0.2, 0.25) is 4.34 Å². The monoisotopic (exact) mass is 339 g/mol. The average molecular weight is 341 g/mol. The van der Waals surface area contributed by atoms with E-state index in [1.165, 1.54) is 11.3 Å². The molecular formula is C10H11BrClNO3S. The van der Waals surface area contributed by atoms with Gasteiger partial charge in [-0.05, 0) is 22.0 Å². The predicted molar refractivity (Wildman–Crippen MR) is 69.8 cm³/mol. The van der Waals surface area contributed by atoms with Gasteiger partial charge in [-0.1, -0.05) is 11.6 Å². The Labute approximate surface area is 116 Å². The Morgan fingerprint density at radius 1 is 1.59 bits per heavy atom. The number of ether oxygens (including phenoxy) is 1. The lowest BCUT2D eigenvalue weighted by molar-refractivity contribution is -0.145. The van der Waals surface area contributed by atoms with Crippen LogP contribution in [0, 0.1) is 0 Å². The third kappa shape index (κ3) is 3.00. The fourth-order valence-electron chi connectivity index (χ4n) is 1.79. The highest BCUT2D eigenvalue weighted by Gasteiger charge is 2.30. The van der Waals surface area contributed by atoms with Crippen molar-refractivity contribution in [3.8, 4) is 0 Å². The first-order chi connectivity index (χ1) is 8.09. The summed E-state index contributed by atoms with van der Waals surface area (Å²) in [5.41, 5.74) is 0. The number of halogens is 2. The maximum atomic E-state index is 11.4. The maximum Gasteiger partial charge on any atom is 0.326 e. The number of carbonyl (C=O) groups is 1. The number of aliphatic carboxylic acids is 1. The van der Waals surface area contributed by atoms with Gasteiger partial charge in [0.1, 0.15) is 10.4 Å². The van der Waals surface area contributed by atoms with Crippen molar-refractivity contribution in [2.45, 2.75) is 6.04 Å². The van der Waals surface area contributed by atoms with Crippen LogP contribution >= 0.6 is 38.9 Å². The number of hydrogen-bond donors (Lipinski definition) is 1. The van der Waals surface area contributed by atoms with E-state index in [-0.39, 0.29) is 0 Å². The van der Waals surface area contributed by atoms with E-state index in [9.17, 15) is 9.90 Å². The van der Waals surface area contributed by atoms with Gasteiger partial charge >= 0.3 is 5.97 Å². The van der Waals surface area contributed by atoms with Crippen LogP contribution in [-0.2, 0) is 9.53 Å². The molecule has 1 aliphatic heterocycles. The summed E-state index contributed by atoms with van der Waals surface area (Å²) in [7, 11) is 0. The van der Waals surface area contributed by atoms with Gasteiger partial charge in [-0.2, -0.15) is 0 Å². The van der Waals surface area contributed by atoms with Gasteiger partial charge in [0.25, 0.3) is 0 Å². The molecule has 1 aromatic rings. The molecule has 1 N–H and O–H groups in total. The van der Waals surface area contributed by atoms with E-state index in [0.717, 1.165) is 9.35 Å². The van der Waals surface area contributed by atoms with Gasteiger partial charge in [-0.15, -0.1) is 11.3 Å². The van der Waals surface area contributed by atoms with E-state index in [1.54, 1.807) is 6.07 Å². The Bertz CT molecular complexity index is 400. The topological polar surface area (TPSA) is 49.8 Å². The molecule has 0 amide bonds. The third-order valence-electron chi connectivity index (χ3n) is 2.58. The summed E-state index contributed by atoms with van der Waals surface area (Å²) in [6, 6.07) is 1.15. The number of hydrogen-bond acceptors (Lipinski definition) is 4. The van der Waals surface area contributed by atoms with Crippen LogP contribution in [-0.4, -0.2) is 42.3 Å². The van der Waals surface area contributed by atoms with Crippen molar-refractivity contribution in [2.24, 2.45) is 0 Å². The molecule has 0 bridgehead atoms. The summed E-state index contributed by atoms with van der Waals surface area (Å²) >= 11 is 10.6. The van der Waals surface area contributed by atoms with Gasteiger partial charge in [-0.25, -0.2) is 0 Å². The summed E-state index contributed by atoms with van der Waals surface area (Å²) in [6.45, 7) is 2.41. The fraction of sp³-hybridized carbons (Fsp3) is 0.500. The van der Waals surface area contributed by atoms with Crippen LogP contribution in [0.1, 0.15) is 10.9 Å². The van der Waals surface area contributed by atoms with E-state index in [2.05, 4.69) is 15.9 Å². The molecule has 0 saturated carbocycles. The molecule has 7 heteroatoms. The van der Waals surface area contributed by atoms with Crippen molar-refractivity contribution < 1.29 is 14.6 Å². The Morgan fingerprint density at radius 2 is 2.24 bits per heavy atom. The molecule has 2 rings (SSSR count). The van der Waals surface area contributed by atoms with E-state index in [0.29, 0.717) is 30.6 Å². The predicted octanol–water partition coefficient (Wildman–Crippen LogP) is 2.62. The second kappa shape index (κ2) is 5.67. The van der Waals surface area contributed by atoms with Crippen molar-refractivity contribution in [3.05, 3.63) is 19.8 Å². The molecule has 0 aromatic carbocycles. The van der Waals surface area contributed by atoms with E-state index < -0.39 is 12.0 Å². The Hall–Kier alpha value is -0.140. The highest BCUT2D eigenvalue weighted by atomic mass is 79.9. The Balaban J connectivity index is 2.24. The lowest BCUT2D eigenvalue weighted by Gasteiger charge is -2.31. The Kier molecular flexibility index (Phi) is 4.43. The largest absolute Gasteiger partial charge is 0.480 e. The van der Waals surface area contributed by atoms with Gasteiger partial charge in [-0.3, -0.25) is 9.69 Å². The molecule has 4 nitrogen and oxygen atoms in total. The molecule has 17 heavy (non-hydrogen) atoms. The van der Waals surface area contributed by atoms with Gasteiger partial charge < -0.3 is 9.84 Å². The molecule has 0 radical (unpaired) electrons. The minimum Gasteiger partial charge on any atom is -0.480 e. The minimum atomic E-state index is -0.850. The molecule has 1 saturated heterocycles. The zero-order valence-corrected chi connectivity index (χ0v) is 12.0. The molecule has 0 spiro atoms. The molecule has 1 aromatic heterocycles. The van der Waals surface area contributed by atoms with Gasteiger partial charge in [0.05, 0.1) is 13.2 Å². The van der Waals surface area contributed by atoms with Crippen LogP contribution in [0.5, 0.6) is 0 Å². The number of carboxylic acid groups (broad SMARTS) is 1. The fourth-order valence-corrected chi connectivity index (χ4v) is 3.66. The first-order valence-corrected chi connectivity index (χ1v) is 7.07. The lowest BCUT2D eigenvalue weighted by Crippen LogP contribution is -2.41. The molecule has 94 valence electrons. The summed E-state index contributed by atoms with van der Waals surface area (Å²) in [4.78, 5) is 14.0. The maximum absolute atomic E-state index is 11.4. The molecule has 0 aliphatic carbocycles. The molecule has 2 heterocycles. The second-order valence-electron chi connectivity index (χ2n) is 3.66. The number of thiophene rings is 1. The minimum absolute atomic E-state index is 0.573. The normalized spacial score (nSPS) is 19.2. The van der Waals surface area contributed by atoms with Gasteiger partial charge in [0.15, 0.2) is 0 Å². The number of morpholine rings is 1. The molecular weight excluding hydrogens is 330 g/mol. The molecule has 1 fully saturated rings. The summed E-state index contributed by atoms with van der Waals surface area (Å²) in [6.07, 6.45) is 0. The van der Waals surface area contributed by atoms with Crippen molar-refractivity contribution in [1.29, 1.82) is 0 Å². The van der Waals surface area contributed by atoms with Crippen LogP contribution in [0.3, 0.4) is 0 Å². The highest BCUT2D eigenvalue weighted by Crippen LogP contribution is 2.37. The van der Waals surface area contributed by atoms with Crippen molar-refractivity contribution in [3.63, 3.8) is 0 Å². The van der Waals surface area contributed by atoms with Crippen LogP contribution in [0.4, 0.5) is 0 Å². The third-order valence-corrected chi connectivity index (χ3v) is 5.11. The summed E-state index contributed by atoms with van der Waals surface area (Å²) < 4.78 is 6.56. The van der Waals surface area contributed by atoms with Gasteiger partial charge in [0.2, 0.25) is 0 Å². The second-order valence-corrected chi connectivity index (χ2v) is 6.20. The van der Waals surface area contributed by atoms with Gasteiger partial charge in [0, 0.05) is 22.4 Å². The van der Waals surface area contributed by atoms with Crippen molar-refractivity contribution in [1.82, 2.24) is 4.90 Å².